The summed E-state index contributed by atoms with van der Waals surface area (Å²) in [5.74, 6) is -0.941. The van der Waals surface area contributed by atoms with Gasteiger partial charge in [0, 0.05) is 18.5 Å². The van der Waals surface area contributed by atoms with Crippen molar-refractivity contribution in [1.82, 2.24) is 4.90 Å². The molecule has 1 heterocycles. The van der Waals surface area contributed by atoms with Crippen molar-refractivity contribution >= 4 is 12.1 Å². The van der Waals surface area contributed by atoms with Crippen LogP contribution in [0.3, 0.4) is 0 Å². The quantitative estimate of drug-likeness (QED) is 0.737. The molecule has 1 N–H and O–H groups in total. The maximum absolute atomic E-state index is 11.2. The molecule has 0 saturated carbocycles. The highest BCUT2D eigenvalue weighted by Crippen LogP contribution is 2.16. The van der Waals surface area contributed by atoms with Crippen LogP contribution in [-0.2, 0) is 9.53 Å². The lowest BCUT2D eigenvalue weighted by molar-refractivity contribution is -0.139. The molecule has 1 fully saturated rings. The number of aliphatic carboxylic acids is 1. The standard InChI is InChI=1S/C9H15NO4/c1-6(2)10-4-7(3-8(11)12)5-14-9(10)13/h6-7H,3-5H2,1-2H3,(H,11,12). The van der Waals surface area contributed by atoms with Crippen LogP contribution in [0.4, 0.5) is 4.79 Å². The number of rotatable bonds is 3. The van der Waals surface area contributed by atoms with E-state index in [-0.39, 0.29) is 31.1 Å². The highest BCUT2D eigenvalue weighted by atomic mass is 16.6. The molecule has 1 amide bonds. The molecular formula is C9H15NO4. The van der Waals surface area contributed by atoms with Crippen LogP contribution in [0.1, 0.15) is 20.3 Å². The minimum absolute atomic E-state index is 0.0521. The minimum Gasteiger partial charge on any atom is -0.481 e. The molecule has 1 unspecified atom stereocenters. The number of carbonyl (C=O) groups excluding carboxylic acids is 1. The summed E-state index contributed by atoms with van der Waals surface area (Å²) < 4.78 is 4.89. The topological polar surface area (TPSA) is 66.8 Å². The monoisotopic (exact) mass is 201 g/mol. The average Bonchev–Trinajstić information content (AvgIpc) is 2.07. The van der Waals surface area contributed by atoms with Crippen molar-refractivity contribution < 1.29 is 19.4 Å². The van der Waals surface area contributed by atoms with Crippen LogP contribution in [0.25, 0.3) is 0 Å². The maximum Gasteiger partial charge on any atom is 0.410 e. The summed E-state index contributed by atoms with van der Waals surface area (Å²) in [4.78, 5) is 23.2. The van der Waals surface area contributed by atoms with Crippen molar-refractivity contribution in [3.8, 4) is 0 Å². The zero-order chi connectivity index (χ0) is 10.7. The second-order valence-corrected chi connectivity index (χ2v) is 3.79. The summed E-state index contributed by atoms with van der Waals surface area (Å²) in [6.07, 6.45) is -0.294. The van der Waals surface area contributed by atoms with E-state index in [1.807, 2.05) is 13.8 Å². The fourth-order valence-electron chi connectivity index (χ4n) is 1.47. The van der Waals surface area contributed by atoms with Crippen LogP contribution in [0, 0.1) is 5.92 Å². The van der Waals surface area contributed by atoms with Crippen molar-refractivity contribution in [3.63, 3.8) is 0 Å². The molecule has 1 saturated heterocycles. The first-order valence-electron chi connectivity index (χ1n) is 4.66. The van der Waals surface area contributed by atoms with Gasteiger partial charge < -0.3 is 14.7 Å². The normalized spacial score (nSPS) is 22.4. The summed E-state index contributed by atoms with van der Waals surface area (Å²) in [6.45, 7) is 4.45. The lowest BCUT2D eigenvalue weighted by Gasteiger charge is -2.34. The third-order valence-corrected chi connectivity index (χ3v) is 2.22. The molecular weight excluding hydrogens is 186 g/mol. The van der Waals surface area contributed by atoms with E-state index < -0.39 is 5.97 Å². The Morgan fingerprint density at radius 2 is 2.36 bits per heavy atom. The Morgan fingerprint density at radius 1 is 1.71 bits per heavy atom. The minimum atomic E-state index is -0.850. The van der Waals surface area contributed by atoms with Gasteiger partial charge in [0.2, 0.25) is 0 Å². The Hall–Kier alpha value is -1.26. The zero-order valence-electron chi connectivity index (χ0n) is 8.40. The lowest BCUT2D eigenvalue weighted by atomic mass is 10.0. The first-order chi connectivity index (χ1) is 6.50. The number of carboxylic acid groups (broad SMARTS) is 1. The second kappa shape index (κ2) is 4.30. The van der Waals surface area contributed by atoms with Crippen molar-refractivity contribution in [3.05, 3.63) is 0 Å². The van der Waals surface area contributed by atoms with E-state index in [9.17, 15) is 9.59 Å². The molecule has 5 nitrogen and oxygen atoms in total. The smallest absolute Gasteiger partial charge is 0.410 e. The Bertz CT molecular complexity index is 239. The van der Waals surface area contributed by atoms with Crippen LogP contribution in [0.15, 0.2) is 0 Å². The largest absolute Gasteiger partial charge is 0.481 e. The van der Waals surface area contributed by atoms with Gasteiger partial charge in [-0.05, 0) is 13.8 Å². The van der Waals surface area contributed by atoms with Crippen LogP contribution in [0.5, 0.6) is 0 Å². The zero-order valence-corrected chi connectivity index (χ0v) is 8.40. The predicted octanol–water partition coefficient (Wildman–Crippen LogP) is 0.938. The SMILES string of the molecule is CC(C)N1CC(CC(=O)O)COC1=O. The van der Waals surface area contributed by atoms with Crippen LogP contribution in [-0.4, -0.2) is 41.3 Å². The van der Waals surface area contributed by atoms with E-state index in [0.717, 1.165) is 0 Å². The molecule has 0 aromatic carbocycles. The highest BCUT2D eigenvalue weighted by Gasteiger charge is 2.29. The number of amides is 1. The molecule has 5 heteroatoms. The Labute approximate surface area is 82.6 Å². The van der Waals surface area contributed by atoms with Gasteiger partial charge in [-0.1, -0.05) is 0 Å². The molecule has 0 aromatic rings. The van der Waals surface area contributed by atoms with E-state index in [2.05, 4.69) is 0 Å². The van der Waals surface area contributed by atoms with E-state index in [1.165, 1.54) is 0 Å². The van der Waals surface area contributed by atoms with Gasteiger partial charge in [-0.15, -0.1) is 0 Å². The summed E-state index contributed by atoms with van der Waals surface area (Å²) in [5.41, 5.74) is 0. The summed E-state index contributed by atoms with van der Waals surface area (Å²) in [6, 6.07) is 0.0547. The Morgan fingerprint density at radius 3 is 2.86 bits per heavy atom. The first kappa shape index (κ1) is 10.8. The van der Waals surface area contributed by atoms with Crippen molar-refractivity contribution in [2.75, 3.05) is 13.2 Å². The third-order valence-electron chi connectivity index (χ3n) is 2.22. The Kier molecular flexibility index (Phi) is 3.33. The maximum atomic E-state index is 11.2. The van der Waals surface area contributed by atoms with Gasteiger partial charge in [0.1, 0.15) is 0 Å². The molecule has 1 rings (SSSR count). The number of ether oxygens (including phenoxy) is 1. The number of cyclic esters (lactones) is 1. The molecule has 1 aliphatic heterocycles. The molecule has 0 aliphatic carbocycles. The fourth-order valence-corrected chi connectivity index (χ4v) is 1.47. The van der Waals surface area contributed by atoms with Crippen LogP contribution in [0.2, 0.25) is 0 Å². The third kappa shape index (κ3) is 2.61. The number of carbonyl (C=O) groups is 2. The molecule has 1 atom stereocenters. The van der Waals surface area contributed by atoms with E-state index in [0.29, 0.717) is 6.54 Å². The summed E-state index contributed by atoms with van der Waals surface area (Å²) in [7, 11) is 0. The van der Waals surface area contributed by atoms with E-state index in [1.54, 1.807) is 4.90 Å². The molecule has 0 spiro atoms. The average molecular weight is 201 g/mol. The van der Waals surface area contributed by atoms with Crippen LogP contribution >= 0.6 is 0 Å². The molecule has 0 aromatic heterocycles. The van der Waals surface area contributed by atoms with Gasteiger partial charge in [-0.3, -0.25) is 4.79 Å². The number of nitrogens with zero attached hydrogens (tertiary/aromatic N) is 1. The predicted molar refractivity (Wildman–Crippen MR) is 48.9 cm³/mol. The molecule has 14 heavy (non-hydrogen) atoms. The van der Waals surface area contributed by atoms with Gasteiger partial charge in [0.15, 0.2) is 0 Å². The second-order valence-electron chi connectivity index (χ2n) is 3.79. The Balaban J connectivity index is 2.53. The van der Waals surface area contributed by atoms with Crippen molar-refractivity contribution in [2.45, 2.75) is 26.3 Å². The summed E-state index contributed by atoms with van der Waals surface area (Å²) in [5, 5.41) is 8.60. The number of carboxylic acids is 1. The summed E-state index contributed by atoms with van der Waals surface area (Å²) >= 11 is 0. The van der Waals surface area contributed by atoms with Crippen LogP contribution < -0.4 is 0 Å². The van der Waals surface area contributed by atoms with Gasteiger partial charge in [0.25, 0.3) is 0 Å². The number of hydrogen-bond donors (Lipinski definition) is 1. The number of hydrogen-bond acceptors (Lipinski definition) is 3. The molecule has 80 valence electrons. The van der Waals surface area contributed by atoms with Gasteiger partial charge in [-0.2, -0.15) is 0 Å². The highest BCUT2D eigenvalue weighted by molar-refractivity contribution is 5.70. The molecule has 1 aliphatic rings. The fraction of sp³-hybridized carbons (Fsp3) is 0.778. The van der Waals surface area contributed by atoms with Crippen molar-refractivity contribution in [2.24, 2.45) is 5.92 Å². The van der Waals surface area contributed by atoms with E-state index >= 15 is 0 Å². The lowest BCUT2D eigenvalue weighted by Crippen LogP contribution is -2.47. The van der Waals surface area contributed by atoms with Gasteiger partial charge in [0.05, 0.1) is 13.0 Å². The first-order valence-corrected chi connectivity index (χ1v) is 4.66. The van der Waals surface area contributed by atoms with E-state index in [4.69, 9.17) is 9.84 Å². The molecule has 0 bridgehead atoms. The van der Waals surface area contributed by atoms with Crippen molar-refractivity contribution in [1.29, 1.82) is 0 Å². The molecule has 0 radical (unpaired) electrons. The van der Waals surface area contributed by atoms with Gasteiger partial charge in [-0.25, -0.2) is 4.79 Å². The van der Waals surface area contributed by atoms with Gasteiger partial charge >= 0.3 is 12.1 Å².